The maximum Gasteiger partial charge on any atom is 0.405 e. The number of amides is 2. The van der Waals surface area contributed by atoms with Gasteiger partial charge in [-0.05, 0) is 31.5 Å². The molecule has 1 aliphatic rings. The van der Waals surface area contributed by atoms with Gasteiger partial charge < -0.3 is 15.6 Å². The first-order valence-corrected chi connectivity index (χ1v) is 12.5. The molecule has 0 aliphatic carbocycles. The predicted molar refractivity (Wildman–Crippen MR) is 126 cm³/mol. The van der Waals surface area contributed by atoms with E-state index in [1.807, 2.05) is 11.9 Å². The Balaban J connectivity index is 1.42. The SMILES string of the molecule is Cc1ccc(S(=O)(=O)n2ccc3c4c(cnc32)ncn4N2CC[C@@H](NC(=O)NCC(F)(F)F)C2)cc1. The second-order valence-electron chi connectivity index (χ2n) is 8.59. The number of fused-ring (bicyclic) bond motifs is 3. The summed E-state index contributed by atoms with van der Waals surface area (Å²) in [5.41, 5.74) is 2.36. The van der Waals surface area contributed by atoms with Gasteiger partial charge in [0.15, 0.2) is 5.65 Å². The zero-order valence-electron chi connectivity index (χ0n) is 19.0. The average Bonchev–Trinajstić information content (AvgIpc) is 3.55. The van der Waals surface area contributed by atoms with Gasteiger partial charge in [0.25, 0.3) is 10.0 Å². The summed E-state index contributed by atoms with van der Waals surface area (Å²) >= 11 is 0. The number of carbonyl (C=O) groups is 1. The third-order valence-corrected chi connectivity index (χ3v) is 7.68. The van der Waals surface area contributed by atoms with Gasteiger partial charge >= 0.3 is 12.2 Å². The molecule has 4 aromatic rings. The molecule has 3 aromatic heterocycles. The summed E-state index contributed by atoms with van der Waals surface area (Å²) in [6, 6.07) is 6.92. The highest BCUT2D eigenvalue weighted by molar-refractivity contribution is 7.90. The molecule has 2 amide bonds. The van der Waals surface area contributed by atoms with Crippen molar-refractivity contribution in [3.05, 3.63) is 54.6 Å². The van der Waals surface area contributed by atoms with Crippen molar-refractivity contribution in [2.75, 3.05) is 24.6 Å². The number of imidazole rings is 1. The molecule has 5 rings (SSSR count). The maximum atomic E-state index is 13.3. The molecule has 0 unspecified atom stereocenters. The Bertz CT molecular complexity index is 1540. The van der Waals surface area contributed by atoms with Gasteiger partial charge in [-0.15, -0.1) is 0 Å². The van der Waals surface area contributed by atoms with E-state index < -0.39 is 28.8 Å². The van der Waals surface area contributed by atoms with Crippen molar-refractivity contribution >= 4 is 38.1 Å². The van der Waals surface area contributed by atoms with Gasteiger partial charge in [-0.3, -0.25) is 0 Å². The number of hydrogen-bond donors (Lipinski definition) is 2. The van der Waals surface area contributed by atoms with Crippen molar-refractivity contribution in [3.8, 4) is 0 Å². The van der Waals surface area contributed by atoms with Gasteiger partial charge in [0.2, 0.25) is 0 Å². The summed E-state index contributed by atoms with van der Waals surface area (Å²) in [6.45, 7) is 1.29. The summed E-state index contributed by atoms with van der Waals surface area (Å²) in [5, 5.41) is 6.81. The van der Waals surface area contributed by atoms with E-state index in [0.717, 1.165) is 9.54 Å². The molecule has 1 atom stereocenters. The van der Waals surface area contributed by atoms with Crippen LogP contribution in [-0.4, -0.2) is 64.9 Å². The highest BCUT2D eigenvalue weighted by Gasteiger charge is 2.30. The Morgan fingerprint density at radius 2 is 1.92 bits per heavy atom. The largest absolute Gasteiger partial charge is 0.405 e. The van der Waals surface area contributed by atoms with Gasteiger partial charge in [-0.25, -0.2) is 31.8 Å². The number of benzene rings is 1. The van der Waals surface area contributed by atoms with E-state index in [-0.39, 0.29) is 16.6 Å². The Morgan fingerprint density at radius 1 is 1.17 bits per heavy atom. The number of hydrogen-bond acceptors (Lipinski definition) is 6. The molecule has 190 valence electrons. The van der Waals surface area contributed by atoms with E-state index >= 15 is 0 Å². The van der Waals surface area contributed by atoms with E-state index in [1.165, 1.54) is 12.4 Å². The molecule has 1 aliphatic heterocycles. The lowest BCUT2D eigenvalue weighted by Crippen LogP contribution is -2.46. The summed E-state index contributed by atoms with van der Waals surface area (Å²) in [5.74, 6) is 0. The highest BCUT2D eigenvalue weighted by atomic mass is 32.2. The van der Waals surface area contributed by atoms with E-state index in [9.17, 15) is 26.4 Å². The van der Waals surface area contributed by atoms with E-state index in [0.29, 0.717) is 35.9 Å². The minimum absolute atomic E-state index is 0.137. The lowest BCUT2D eigenvalue weighted by molar-refractivity contribution is -0.122. The Hall–Kier alpha value is -3.81. The first kappa shape index (κ1) is 23.9. The molecule has 14 heteroatoms. The monoisotopic (exact) mass is 521 g/mol. The Labute approximate surface area is 203 Å². The molecule has 1 saturated heterocycles. The van der Waals surface area contributed by atoms with Crippen LogP contribution in [0.4, 0.5) is 18.0 Å². The fraction of sp³-hybridized carbons (Fsp3) is 0.318. The Morgan fingerprint density at radius 3 is 2.64 bits per heavy atom. The number of urea groups is 1. The number of alkyl halides is 3. The second kappa shape index (κ2) is 8.69. The van der Waals surface area contributed by atoms with Gasteiger partial charge in [0.05, 0.1) is 23.7 Å². The second-order valence-corrected chi connectivity index (χ2v) is 10.4. The van der Waals surface area contributed by atoms with Crippen LogP contribution in [0, 0.1) is 6.92 Å². The van der Waals surface area contributed by atoms with Crippen LogP contribution in [0.2, 0.25) is 0 Å². The summed E-state index contributed by atoms with van der Waals surface area (Å²) < 4.78 is 66.4. The molecule has 0 radical (unpaired) electrons. The number of aromatic nitrogens is 4. The molecular formula is C22H22F3N7O3S. The number of nitrogens with one attached hydrogen (secondary N) is 2. The first-order chi connectivity index (χ1) is 17.0. The average molecular weight is 522 g/mol. The number of rotatable bonds is 5. The van der Waals surface area contributed by atoms with Crippen molar-refractivity contribution in [1.82, 2.24) is 29.3 Å². The molecule has 0 saturated carbocycles. The molecule has 10 nitrogen and oxygen atoms in total. The van der Waals surface area contributed by atoms with E-state index in [4.69, 9.17) is 0 Å². The van der Waals surface area contributed by atoms with Crippen molar-refractivity contribution < 1.29 is 26.4 Å². The van der Waals surface area contributed by atoms with Gasteiger partial charge in [-0.2, -0.15) is 13.2 Å². The van der Waals surface area contributed by atoms with Crippen LogP contribution in [-0.2, 0) is 10.0 Å². The van der Waals surface area contributed by atoms with Gasteiger partial charge in [0.1, 0.15) is 23.9 Å². The number of carbonyl (C=O) groups excluding carboxylic acids is 1. The molecule has 1 aromatic carbocycles. The van der Waals surface area contributed by atoms with Crippen LogP contribution >= 0.6 is 0 Å². The van der Waals surface area contributed by atoms with Crippen LogP contribution in [0.3, 0.4) is 0 Å². The third-order valence-electron chi connectivity index (χ3n) is 6.00. The minimum Gasteiger partial charge on any atom is -0.334 e. The van der Waals surface area contributed by atoms with E-state index in [1.54, 1.807) is 46.7 Å². The zero-order chi connectivity index (χ0) is 25.7. The fourth-order valence-corrected chi connectivity index (χ4v) is 5.55. The van der Waals surface area contributed by atoms with Crippen molar-refractivity contribution in [3.63, 3.8) is 0 Å². The molecular weight excluding hydrogens is 499 g/mol. The molecule has 0 bridgehead atoms. The minimum atomic E-state index is -4.49. The van der Waals surface area contributed by atoms with Crippen LogP contribution in [0.25, 0.3) is 22.1 Å². The zero-order valence-corrected chi connectivity index (χ0v) is 19.8. The molecule has 4 heterocycles. The molecule has 2 N–H and O–H groups in total. The highest BCUT2D eigenvalue weighted by Crippen LogP contribution is 2.28. The van der Waals surface area contributed by atoms with Gasteiger partial charge in [-0.1, -0.05) is 17.7 Å². The summed E-state index contributed by atoms with van der Waals surface area (Å²) in [7, 11) is -3.88. The number of pyridine rings is 1. The number of aryl methyl sites for hydroxylation is 1. The molecule has 36 heavy (non-hydrogen) atoms. The predicted octanol–water partition coefficient (Wildman–Crippen LogP) is 2.50. The maximum absolute atomic E-state index is 13.3. The van der Waals surface area contributed by atoms with Crippen LogP contribution < -0.4 is 15.6 Å². The Kier molecular flexibility index (Phi) is 5.77. The van der Waals surface area contributed by atoms with Gasteiger partial charge in [0, 0.05) is 18.1 Å². The third kappa shape index (κ3) is 4.43. The van der Waals surface area contributed by atoms with Crippen LogP contribution in [0.15, 0.2) is 53.9 Å². The van der Waals surface area contributed by atoms with Crippen LogP contribution in [0.1, 0.15) is 12.0 Å². The topological polar surface area (TPSA) is 114 Å². The normalized spacial score (nSPS) is 16.7. The number of halogens is 3. The van der Waals surface area contributed by atoms with E-state index in [2.05, 4.69) is 15.3 Å². The first-order valence-electron chi connectivity index (χ1n) is 11.0. The summed E-state index contributed by atoms with van der Waals surface area (Å²) in [6.07, 6.45) is 0.534. The standard InChI is InChI=1S/C22H22F3N7O3S/c1-14-2-4-16(5-3-14)36(34,35)32-9-7-17-19-18(10-26-20(17)32)28-13-31(19)30-8-6-15(11-30)29-21(33)27-12-22(23,24)25/h2-5,7,9-10,13,15H,6,8,11-12H2,1H3,(H2,27,29,33)/t15-/m1/s1. The smallest absolute Gasteiger partial charge is 0.334 e. The fourth-order valence-electron chi connectivity index (χ4n) is 4.25. The lowest BCUT2D eigenvalue weighted by atomic mass is 10.2. The lowest BCUT2D eigenvalue weighted by Gasteiger charge is -2.21. The van der Waals surface area contributed by atoms with Crippen LogP contribution in [0.5, 0.6) is 0 Å². The molecule has 1 fully saturated rings. The summed E-state index contributed by atoms with van der Waals surface area (Å²) in [4.78, 5) is 20.7. The number of nitrogens with zero attached hydrogens (tertiary/aromatic N) is 5. The van der Waals surface area contributed by atoms with Crippen molar-refractivity contribution in [2.24, 2.45) is 0 Å². The van der Waals surface area contributed by atoms with Crippen molar-refractivity contribution in [2.45, 2.75) is 30.5 Å². The molecule has 0 spiro atoms. The quantitative estimate of drug-likeness (QED) is 0.417. The van der Waals surface area contributed by atoms with Crippen molar-refractivity contribution in [1.29, 1.82) is 0 Å².